The predicted molar refractivity (Wildman–Crippen MR) is 93.0 cm³/mol. The van der Waals surface area contributed by atoms with E-state index >= 15 is 0 Å². The maximum absolute atomic E-state index is 12.6. The number of aryl methyl sites for hydroxylation is 1. The maximum Gasteiger partial charge on any atom is 0.321 e. The topological polar surface area (TPSA) is 58.6 Å². The molecule has 0 bridgehead atoms. The highest BCUT2D eigenvalue weighted by atomic mass is 16.5. The highest BCUT2D eigenvalue weighted by molar-refractivity contribution is 5.90. The van der Waals surface area contributed by atoms with Crippen LogP contribution in [0.4, 0.5) is 10.5 Å². The number of hydrogen-bond donors (Lipinski definition) is 1. The number of carbonyl (C=O) groups excluding carboxylic acids is 2. The van der Waals surface area contributed by atoms with E-state index in [0.29, 0.717) is 32.5 Å². The lowest BCUT2D eigenvalue weighted by Gasteiger charge is -2.31. The van der Waals surface area contributed by atoms with E-state index in [9.17, 15) is 9.59 Å². The fourth-order valence-corrected chi connectivity index (χ4v) is 3.67. The lowest BCUT2D eigenvalue weighted by molar-refractivity contribution is -0.149. The summed E-state index contributed by atoms with van der Waals surface area (Å²) >= 11 is 0. The first-order chi connectivity index (χ1) is 11.7. The molecule has 0 aromatic heterocycles. The lowest BCUT2D eigenvalue weighted by Crippen LogP contribution is -2.42. The number of nitrogens with zero attached hydrogens (tertiary/aromatic N) is 1. The first-order valence-electron chi connectivity index (χ1n) is 9.02. The molecule has 130 valence electrons. The van der Waals surface area contributed by atoms with Crippen LogP contribution in [0.25, 0.3) is 0 Å². The Hall–Kier alpha value is -2.04. The molecule has 0 unspecified atom stereocenters. The van der Waals surface area contributed by atoms with Gasteiger partial charge in [-0.05, 0) is 62.6 Å². The number of ether oxygens (including phenoxy) is 1. The molecule has 5 heteroatoms. The molecule has 1 heterocycles. The molecule has 1 aromatic carbocycles. The second-order valence-electron chi connectivity index (χ2n) is 6.59. The van der Waals surface area contributed by atoms with Crippen LogP contribution in [0.15, 0.2) is 18.2 Å². The fourth-order valence-electron chi connectivity index (χ4n) is 3.67. The van der Waals surface area contributed by atoms with E-state index in [2.05, 4.69) is 11.4 Å². The number of piperidine rings is 1. The van der Waals surface area contributed by atoms with Gasteiger partial charge in [-0.1, -0.05) is 12.1 Å². The van der Waals surface area contributed by atoms with Crippen LogP contribution in [-0.2, 0) is 22.4 Å². The van der Waals surface area contributed by atoms with Crippen LogP contribution in [0.3, 0.4) is 0 Å². The molecule has 1 aromatic rings. The maximum atomic E-state index is 12.6. The van der Waals surface area contributed by atoms with Crippen molar-refractivity contribution in [2.75, 3.05) is 25.0 Å². The van der Waals surface area contributed by atoms with Gasteiger partial charge in [-0.3, -0.25) is 4.79 Å². The highest BCUT2D eigenvalue weighted by Crippen LogP contribution is 2.28. The third-order valence-electron chi connectivity index (χ3n) is 5.04. The number of anilines is 1. The van der Waals surface area contributed by atoms with E-state index in [1.807, 2.05) is 19.1 Å². The van der Waals surface area contributed by atoms with Crippen molar-refractivity contribution >= 4 is 17.7 Å². The van der Waals surface area contributed by atoms with Gasteiger partial charge in [0.25, 0.3) is 0 Å². The second-order valence-corrected chi connectivity index (χ2v) is 6.59. The van der Waals surface area contributed by atoms with Crippen LogP contribution in [0.5, 0.6) is 0 Å². The van der Waals surface area contributed by atoms with Crippen LogP contribution >= 0.6 is 0 Å². The summed E-state index contributed by atoms with van der Waals surface area (Å²) in [6.45, 7) is 3.44. The van der Waals surface area contributed by atoms with E-state index in [1.54, 1.807) is 4.90 Å². The normalized spacial score (nSPS) is 18.0. The van der Waals surface area contributed by atoms with Crippen LogP contribution in [0.1, 0.15) is 43.7 Å². The zero-order chi connectivity index (χ0) is 16.9. The summed E-state index contributed by atoms with van der Waals surface area (Å²) in [5, 5.41) is 3.08. The third-order valence-corrected chi connectivity index (χ3v) is 5.04. The van der Waals surface area contributed by atoms with Gasteiger partial charge in [0.05, 0.1) is 12.5 Å². The summed E-state index contributed by atoms with van der Waals surface area (Å²) in [6, 6.07) is 6.12. The Morgan fingerprint density at radius 3 is 2.71 bits per heavy atom. The Morgan fingerprint density at radius 2 is 1.96 bits per heavy atom. The van der Waals surface area contributed by atoms with E-state index in [1.165, 1.54) is 24.0 Å². The summed E-state index contributed by atoms with van der Waals surface area (Å²) in [5.74, 6) is -0.201. The average Bonchev–Trinajstić information content (AvgIpc) is 2.62. The molecule has 2 amide bonds. The molecule has 1 aliphatic heterocycles. The number of benzene rings is 1. The lowest BCUT2D eigenvalue weighted by atomic mass is 9.90. The van der Waals surface area contributed by atoms with Crippen molar-refractivity contribution in [3.05, 3.63) is 29.3 Å². The van der Waals surface area contributed by atoms with Gasteiger partial charge >= 0.3 is 12.0 Å². The van der Waals surface area contributed by atoms with E-state index in [0.717, 1.165) is 18.5 Å². The SMILES string of the molecule is CCOC(=O)C1CCN(C(=O)Nc2cccc3c2CCCC3)CC1. The molecule has 24 heavy (non-hydrogen) atoms. The standard InChI is InChI=1S/C19H26N2O3/c1-2-24-18(22)15-10-12-21(13-11-15)19(23)20-17-9-5-7-14-6-3-4-8-16(14)17/h5,7,9,15H,2-4,6,8,10-13H2,1H3,(H,20,23). The number of amides is 2. The van der Waals surface area contributed by atoms with Gasteiger partial charge in [0.1, 0.15) is 0 Å². The minimum atomic E-state index is -0.130. The quantitative estimate of drug-likeness (QED) is 0.865. The van der Waals surface area contributed by atoms with Gasteiger partial charge in [0.2, 0.25) is 0 Å². The first-order valence-corrected chi connectivity index (χ1v) is 9.02. The van der Waals surface area contributed by atoms with E-state index in [4.69, 9.17) is 4.74 Å². The summed E-state index contributed by atoms with van der Waals surface area (Å²) in [4.78, 5) is 26.1. The van der Waals surface area contributed by atoms with Crippen molar-refractivity contribution in [2.24, 2.45) is 5.92 Å². The zero-order valence-corrected chi connectivity index (χ0v) is 14.3. The Morgan fingerprint density at radius 1 is 1.21 bits per heavy atom. The average molecular weight is 330 g/mol. The van der Waals surface area contributed by atoms with Gasteiger partial charge in [0, 0.05) is 18.8 Å². The number of carbonyl (C=O) groups is 2. The van der Waals surface area contributed by atoms with Crippen molar-refractivity contribution < 1.29 is 14.3 Å². The predicted octanol–water partition coefficient (Wildman–Crippen LogP) is 3.37. The van der Waals surface area contributed by atoms with E-state index in [-0.39, 0.29) is 17.9 Å². The van der Waals surface area contributed by atoms with Crippen molar-refractivity contribution in [2.45, 2.75) is 45.4 Å². The van der Waals surface area contributed by atoms with Gasteiger partial charge in [-0.2, -0.15) is 0 Å². The summed E-state index contributed by atoms with van der Waals surface area (Å²) in [5.41, 5.74) is 3.60. The molecule has 0 saturated carbocycles. The monoisotopic (exact) mass is 330 g/mol. The molecule has 2 aliphatic rings. The number of fused-ring (bicyclic) bond motifs is 1. The van der Waals surface area contributed by atoms with Gasteiger partial charge in [-0.15, -0.1) is 0 Å². The molecule has 1 N–H and O–H groups in total. The van der Waals surface area contributed by atoms with Crippen molar-refractivity contribution in [1.29, 1.82) is 0 Å². The Balaban J connectivity index is 1.58. The van der Waals surface area contributed by atoms with Crippen molar-refractivity contribution in [3.63, 3.8) is 0 Å². The molecule has 0 radical (unpaired) electrons. The Bertz CT molecular complexity index is 607. The Labute approximate surface area is 143 Å². The smallest absolute Gasteiger partial charge is 0.321 e. The number of urea groups is 1. The first kappa shape index (κ1) is 16.8. The van der Waals surface area contributed by atoms with Crippen molar-refractivity contribution in [1.82, 2.24) is 4.90 Å². The molecule has 3 rings (SSSR count). The molecule has 5 nitrogen and oxygen atoms in total. The van der Waals surface area contributed by atoms with Gasteiger partial charge in [-0.25, -0.2) is 4.79 Å². The zero-order valence-electron chi connectivity index (χ0n) is 14.3. The van der Waals surface area contributed by atoms with Crippen LogP contribution < -0.4 is 5.32 Å². The largest absolute Gasteiger partial charge is 0.466 e. The molecule has 0 spiro atoms. The highest BCUT2D eigenvalue weighted by Gasteiger charge is 2.28. The molecular weight excluding hydrogens is 304 g/mol. The number of rotatable bonds is 3. The minimum absolute atomic E-state index is 0.0590. The Kier molecular flexibility index (Phi) is 5.38. The van der Waals surface area contributed by atoms with Crippen molar-refractivity contribution in [3.8, 4) is 0 Å². The van der Waals surface area contributed by atoms with E-state index < -0.39 is 0 Å². The second kappa shape index (κ2) is 7.69. The van der Waals surface area contributed by atoms with Crippen LogP contribution in [0.2, 0.25) is 0 Å². The van der Waals surface area contributed by atoms with Gasteiger partial charge < -0.3 is 15.0 Å². The van der Waals surface area contributed by atoms with Crippen LogP contribution in [0, 0.1) is 5.92 Å². The molecule has 1 aliphatic carbocycles. The summed E-state index contributed by atoms with van der Waals surface area (Å²) < 4.78 is 5.08. The number of likely N-dealkylation sites (tertiary alicyclic amines) is 1. The molecule has 1 saturated heterocycles. The van der Waals surface area contributed by atoms with Gasteiger partial charge in [0.15, 0.2) is 0 Å². The fraction of sp³-hybridized carbons (Fsp3) is 0.579. The number of nitrogens with one attached hydrogen (secondary N) is 1. The molecule has 0 atom stereocenters. The minimum Gasteiger partial charge on any atom is -0.466 e. The third kappa shape index (κ3) is 3.71. The summed E-state index contributed by atoms with van der Waals surface area (Å²) in [6.07, 6.45) is 5.91. The molecular formula is C19H26N2O3. The number of hydrogen-bond acceptors (Lipinski definition) is 3. The molecule has 1 fully saturated rings. The van der Waals surface area contributed by atoms with Crippen LogP contribution in [-0.4, -0.2) is 36.6 Å². The summed E-state index contributed by atoms with van der Waals surface area (Å²) in [7, 11) is 0. The number of esters is 1.